The number of ether oxygens (including phenoxy) is 1. The molecule has 1 N–H and O–H groups in total. The number of hydrogen-bond donors (Lipinski definition) is 1. The highest BCUT2D eigenvalue weighted by molar-refractivity contribution is 5.92. The van der Waals surface area contributed by atoms with Crippen molar-refractivity contribution in [1.82, 2.24) is 0 Å². The van der Waals surface area contributed by atoms with Gasteiger partial charge in [-0.1, -0.05) is 18.2 Å². The fourth-order valence-corrected chi connectivity index (χ4v) is 1.72. The van der Waals surface area contributed by atoms with Gasteiger partial charge in [0.15, 0.2) is 0 Å². The average molecular weight is 272 g/mol. The van der Waals surface area contributed by atoms with Crippen LogP contribution in [0.2, 0.25) is 0 Å². The number of benzene rings is 2. The van der Waals surface area contributed by atoms with Gasteiger partial charge in [0.05, 0.1) is 17.6 Å². The lowest BCUT2D eigenvalue weighted by atomic mass is 10.1. The van der Waals surface area contributed by atoms with Crippen molar-refractivity contribution in [3.63, 3.8) is 0 Å². The Hall–Kier alpha value is -2.89. The van der Waals surface area contributed by atoms with Crippen molar-refractivity contribution >= 4 is 23.0 Å². The predicted octanol–water partition coefficient (Wildman–Crippen LogP) is 3.13. The van der Waals surface area contributed by atoms with E-state index in [4.69, 9.17) is 0 Å². The summed E-state index contributed by atoms with van der Waals surface area (Å²) in [6.07, 6.45) is 0. The zero-order valence-corrected chi connectivity index (χ0v) is 10.7. The summed E-state index contributed by atoms with van der Waals surface area (Å²) >= 11 is 0. The molecule has 102 valence electrons. The molecule has 20 heavy (non-hydrogen) atoms. The van der Waals surface area contributed by atoms with Crippen LogP contribution in [-0.2, 0) is 4.74 Å². The Labute approximate surface area is 115 Å². The third-order valence-electron chi connectivity index (χ3n) is 2.67. The minimum absolute atomic E-state index is 0.110. The first-order valence-corrected chi connectivity index (χ1v) is 5.80. The van der Waals surface area contributed by atoms with Gasteiger partial charge in [0.25, 0.3) is 5.69 Å². The molecule has 2 aromatic carbocycles. The molecule has 0 radical (unpaired) electrons. The summed E-state index contributed by atoms with van der Waals surface area (Å²) in [4.78, 5) is 22.0. The Morgan fingerprint density at radius 1 is 1.20 bits per heavy atom. The monoisotopic (exact) mass is 272 g/mol. The number of carbonyl (C=O) groups is 1. The number of nitrogens with zero attached hydrogens (tertiary/aromatic N) is 1. The second kappa shape index (κ2) is 5.83. The summed E-state index contributed by atoms with van der Waals surface area (Å²) in [7, 11) is 1.26. The van der Waals surface area contributed by atoms with E-state index in [9.17, 15) is 14.9 Å². The molecule has 0 bridgehead atoms. The van der Waals surface area contributed by atoms with Crippen LogP contribution >= 0.6 is 0 Å². The second-order valence-corrected chi connectivity index (χ2v) is 3.97. The van der Waals surface area contributed by atoms with Gasteiger partial charge in [-0.2, -0.15) is 0 Å². The normalized spacial score (nSPS) is 9.85. The quantitative estimate of drug-likeness (QED) is 0.525. The maximum atomic E-state index is 11.5. The van der Waals surface area contributed by atoms with E-state index in [0.717, 1.165) is 0 Å². The van der Waals surface area contributed by atoms with E-state index in [0.29, 0.717) is 5.69 Å². The Morgan fingerprint density at radius 3 is 2.50 bits per heavy atom. The van der Waals surface area contributed by atoms with Crippen LogP contribution in [0.3, 0.4) is 0 Å². The van der Waals surface area contributed by atoms with E-state index in [1.54, 1.807) is 24.3 Å². The molecule has 6 nitrogen and oxygen atoms in total. The van der Waals surface area contributed by atoms with Crippen LogP contribution in [-0.4, -0.2) is 18.0 Å². The summed E-state index contributed by atoms with van der Waals surface area (Å²) in [6.45, 7) is 0. The van der Waals surface area contributed by atoms with Crippen LogP contribution < -0.4 is 5.32 Å². The van der Waals surface area contributed by atoms with Gasteiger partial charge < -0.3 is 10.1 Å². The molecule has 2 aromatic rings. The lowest BCUT2D eigenvalue weighted by Gasteiger charge is -2.08. The topological polar surface area (TPSA) is 81.5 Å². The highest BCUT2D eigenvalue weighted by Crippen LogP contribution is 2.28. The number of anilines is 2. The molecule has 0 saturated heterocycles. The molecule has 0 aliphatic rings. The van der Waals surface area contributed by atoms with Gasteiger partial charge in [0.1, 0.15) is 5.69 Å². The van der Waals surface area contributed by atoms with Gasteiger partial charge in [0.2, 0.25) is 0 Å². The van der Waals surface area contributed by atoms with Gasteiger partial charge >= 0.3 is 5.97 Å². The van der Waals surface area contributed by atoms with Gasteiger partial charge in [-0.25, -0.2) is 4.79 Å². The molecule has 0 aliphatic heterocycles. The summed E-state index contributed by atoms with van der Waals surface area (Å²) in [5.74, 6) is -0.545. The summed E-state index contributed by atoms with van der Waals surface area (Å²) in [5.41, 5.74) is 1.07. The Bertz CT molecular complexity index is 641. The summed E-state index contributed by atoms with van der Waals surface area (Å²) in [5, 5.41) is 13.9. The largest absolute Gasteiger partial charge is 0.465 e. The third kappa shape index (κ3) is 2.92. The smallest absolute Gasteiger partial charge is 0.337 e. The van der Waals surface area contributed by atoms with Crippen LogP contribution in [0.25, 0.3) is 0 Å². The predicted molar refractivity (Wildman–Crippen MR) is 74.2 cm³/mol. The molecule has 0 aliphatic carbocycles. The number of hydrogen-bond acceptors (Lipinski definition) is 5. The molecular formula is C14H12N2O4. The van der Waals surface area contributed by atoms with Crippen molar-refractivity contribution in [2.24, 2.45) is 0 Å². The molecule has 0 saturated carbocycles. The van der Waals surface area contributed by atoms with Crippen molar-refractivity contribution in [2.75, 3.05) is 12.4 Å². The van der Waals surface area contributed by atoms with Crippen molar-refractivity contribution < 1.29 is 14.5 Å². The van der Waals surface area contributed by atoms with Crippen LogP contribution in [0, 0.1) is 10.1 Å². The lowest BCUT2D eigenvalue weighted by Crippen LogP contribution is -2.04. The Kier molecular flexibility index (Phi) is 3.95. The molecule has 0 amide bonds. The zero-order valence-electron chi connectivity index (χ0n) is 10.7. The van der Waals surface area contributed by atoms with Crippen LogP contribution in [0.15, 0.2) is 48.5 Å². The highest BCUT2D eigenvalue weighted by atomic mass is 16.6. The second-order valence-electron chi connectivity index (χ2n) is 3.97. The number of methoxy groups -OCH3 is 1. The molecule has 0 unspecified atom stereocenters. The zero-order chi connectivity index (χ0) is 14.5. The van der Waals surface area contributed by atoms with Gasteiger partial charge in [-0.15, -0.1) is 0 Å². The molecule has 2 rings (SSSR count). The highest BCUT2D eigenvalue weighted by Gasteiger charge is 2.17. The number of esters is 1. The SMILES string of the molecule is COC(=O)c1ccc([N+](=O)[O-])c(Nc2ccccc2)c1. The first kappa shape index (κ1) is 13.5. The molecule has 0 spiro atoms. The van der Waals surface area contributed by atoms with Crippen molar-refractivity contribution in [2.45, 2.75) is 0 Å². The van der Waals surface area contributed by atoms with E-state index < -0.39 is 10.9 Å². The Balaban J connectivity index is 2.42. The first-order chi connectivity index (χ1) is 9.61. The minimum Gasteiger partial charge on any atom is -0.465 e. The van der Waals surface area contributed by atoms with Crippen molar-refractivity contribution in [1.29, 1.82) is 0 Å². The van der Waals surface area contributed by atoms with E-state index in [2.05, 4.69) is 10.1 Å². The molecular weight excluding hydrogens is 260 g/mol. The fraction of sp³-hybridized carbons (Fsp3) is 0.0714. The van der Waals surface area contributed by atoms with Gasteiger partial charge in [0, 0.05) is 11.8 Å². The standard InChI is InChI=1S/C14H12N2O4/c1-20-14(17)10-7-8-13(16(18)19)12(9-10)15-11-5-3-2-4-6-11/h2-9,15H,1H3. The number of carbonyl (C=O) groups excluding carboxylic acids is 1. The molecule has 0 aromatic heterocycles. The van der Waals surface area contributed by atoms with Crippen molar-refractivity contribution in [3.8, 4) is 0 Å². The van der Waals surface area contributed by atoms with Crippen LogP contribution in [0.4, 0.5) is 17.1 Å². The number of nitro benzene ring substituents is 1. The number of nitro groups is 1. The van der Waals surface area contributed by atoms with Crippen LogP contribution in [0.1, 0.15) is 10.4 Å². The van der Waals surface area contributed by atoms with Gasteiger partial charge in [-0.05, 0) is 24.3 Å². The molecule has 0 atom stereocenters. The van der Waals surface area contributed by atoms with Gasteiger partial charge in [-0.3, -0.25) is 10.1 Å². The van der Waals surface area contributed by atoms with Crippen molar-refractivity contribution in [3.05, 3.63) is 64.2 Å². The van der Waals surface area contributed by atoms with E-state index in [1.807, 2.05) is 6.07 Å². The first-order valence-electron chi connectivity index (χ1n) is 5.80. The summed E-state index contributed by atoms with van der Waals surface area (Å²) in [6, 6.07) is 13.0. The van der Waals surface area contributed by atoms with E-state index in [-0.39, 0.29) is 16.9 Å². The number of para-hydroxylation sites is 1. The fourth-order valence-electron chi connectivity index (χ4n) is 1.72. The lowest BCUT2D eigenvalue weighted by molar-refractivity contribution is -0.383. The average Bonchev–Trinajstić information content (AvgIpc) is 2.47. The van der Waals surface area contributed by atoms with Crippen LogP contribution in [0.5, 0.6) is 0 Å². The maximum Gasteiger partial charge on any atom is 0.337 e. The van der Waals surface area contributed by atoms with E-state index in [1.165, 1.54) is 25.3 Å². The third-order valence-corrected chi connectivity index (χ3v) is 2.67. The number of nitrogens with one attached hydrogen (secondary N) is 1. The summed E-state index contributed by atoms with van der Waals surface area (Å²) < 4.78 is 4.61. The molecule has 0 heterocycles. The number of rotatable bonds is 4. The molecule has 0 fully saturated rings. The minimum atomic E-state index is -0.545. The van der Waals surface area contributed by atoms with E-state index >= 15 is 0 Å². The maximum absolute atomic E-state index is 11.5. The Morgan fingerprint density at radius 2 is 1.90 bits per heavy atom. The molecule has 6 heteroatoms.